The van der Waals surface area contributed by atoms with Gasteiger partial charge in [-0.15, -0.1) is 0 Å². The fraction of sp³-hybridized carbons (Fsp3) is 0.429. The summed E-state index contributed by atoms with van der Waals surface area (Å²) in [6, 6.07) is 2.76. The molecule has 110 valence electrons. The van der Waals surface area contributed by atoms with E-state index in [2.05, 4.69) is 10.1 Å². The predicted octanol–water partition coefficient (Wildman–Crippen LogP) is 2.07. The quantitative estimate of drug-likeness (QED) is 0.783. The van der Waals surface area contributed by atoms with Crippen LogP contribution in [0.2, 0.25) is 0 Å². The van der Waals surface area contributed by atoms with Gasteiger partial charge in [-0.1, -0.05) is 19.8 Å². The minimum atomic E-state index is -0.691. The Bertz CT molecular complexity index is 491. The van der Waals surface area contributed by atoms with Crippen molar-refractivity contribution in [1.29, 1.82) is 0 Å². The van der Waals surface area contributed by atoms with Crippen LogP contribution in [0.1, 0.15) is 36.5 Å². The maximum atomic E-state index is 13.2. The summed E-state index contributed by atoms with van der Waals surface area (Å²) in [7, 11) is 1.21. The predicted molar refractivity (Wildman–Crippen MR) is 73.9 cm³/mol. The van der Waals surface area contributed by atoms with Gasteiger partial charge < -0.3 is 15.8 Å². The first kappa shape index (κ1) is 16.1. The second kappa shape index (κ2) is 7.59. The van der Waals surface area contributed by atoms with Crippen molar-refractivity contribution in [3.8, 4) is 0 Å². The van der Waals surface area contributed by atoms with E-state index in [-0.39, 0.29) is 11.3 Å². The summed E-state index contributed by atoms with van der Waals surface area (Å²) in [6.45, 7) is 1.99. The lowest BCUT2D eigenvalue weighted by Crippen LogP contribution is -2.35. The SMILES string of the molecule is CCCC[C@H](N)C(=O)Nc1cc(F)ccc1C(=O)OC. The number of methoxy groups -OCH3 is 1. The minimum absolute atomic E-state index is 0.0637. The lowest BCUT2D eigenvalue weighted by molar-refractivity contribution is -0.117. The summed E-state index contributed by atoms with van der Waals surface area (Å²) in [4.78, 5) is 23.4. The number of rotatable bonds is 6. The highest BCUT2D eigenvalue weighted by Crippen LogP contribution is 2.18. The average molecular weight is 282 g/mol. The molecule has 0 aromatic heterocycles. The van der Waals surface area contributed by atoms with Gasteiger partial charge in [-0.2, -0.15) is 0 Å². The smallest absolute Gasteiger partial charge is 0.339 e. The molecule has 0 fully saturated rings. The second-order valence-electron chi connectivity index (χ2n) is 4.42. The van der Waals surface area contributed by atoms with E-state index in [9.17, 15) is 14.0 Å². The molecule has 1 rings (SSSR count). The fourth-order valence-electron chi connectivity index (χ4n) is 1.69. The molecule has 0 aliphatic rings. The van der Waals surface area contributed by atoms with Gasteiger partial charge in [-0.25, -0.2) is 9.18 Å². The summed E-state index contributed by atoms with van der Waals surface area (Å²) >= 11 is 0. The van der Waals surface area contributed by atoms with Crippen molar-refractivity contribution in [3.05, 3.63) is 29.6 Å². The first-order valence-corrected chi connectivity index (χ1v) is 6.44. The summed E-state index contributed by atoms with van der Waals surface area (Å²) in [5, 5.41) is 2.47. The van der Waals surface area contributed by atoms with E-state index in [1.54, 1.807) is 0 Å². The van der Waals surface area contributed by atoms with E-state index in [4.69, 9.17) is 5.73 Å². The van der Waals surface area contributed by atoms with Crippen molar-refractivity contribution in [3.63, 3.8) is 0 Å². The van der Waals surface area contributed by atoms with Gasteiger partial charge in [0, 0.05) is 0 Å². The normalized spacial score (nSPS) is 11.8. The van der Waals surface area contributed by atoms with Crippen LogP contribution in [0.25, 0.3) is 0 Å². The molecule has 0 aliphatic heterocycles. The molecule has 0 aliphatic carbocycles. The highest BCUT2D eigenvalue weighted by Gasteiger charge is 2.18. The van der Waals surface area contributed by atoms with Crippen LogP contribution in [0.3, 0.4) is 0 Å². The number of halogens is 1. The number of carbonyl (C=O) groups excluding carboxylic acids is 2. The van der Waals surface area contributed by atoms with Crippen molar-refractivity contribution in [2.75, 3.05) is 12.4 Å². The zero-order chi connectivity index (χ0) is 15.1. The molecule has 3 N–H and O–H groups in total. The Morgan fingerprint density at radius 1 is 1.45 bits per heavy atom. The highest BCUT2D eigenvalue weighted by molar-refractivity contribution is 6.02. The van der Waals surface area contributed by atoms with Crippen LogP contribution in [-0.2, 0) is 9.53 Å². The molecule has 6 heteroatoms. The molecule has 0 spiro atoms. The van der Waals surface area contributed by atoms with E-state index >= 15 is 0 Å². The lowest BCUT2D eigenvalue weighted by Gasteiger charge is -2.14. The zero-order valence-electron chi connectivity index (χ0n) is 11.6. The van der Waals surface area contributed by atoms with Gasteiger partial charge in [0.05, 0.1) is 24.4 Å². The maximum Gasteiger partial charge on any atom is 0.339 e. The number of anilines is 1. The number of amides is 1. The van der Waals surface area contributed by atoms with E-state index in [1.807, 2.05) is 6.92 Å². The Morgan fingerprint density at radius 3 is 2.75 bits per heavy atom. The molecule has 1 amide bonds. The third-order valence-corrected chi connectivity index (χ3v) is 2.85. The van der Waals surface area contributed by atoms with Gasteiger partial charge in [0.2, 0.25) is 5.91 Å². The highest BCUT2D eigenvalue weighted by atomic mass is 19.1. The van der Waals surface area contributed by atoms with E-state index in [1.165, 1.54) is 13.2 Å². The zero-order valence-corrected chi connectivity index (χ0v) is 11.6. The van der Waals surface area contributed by atoms with Crippen molar-refractivity contribution in [2.24, 2.45) is 5.73 Å². The molecule has 0 saturated heterocycles. The van der Waals surface area contributed by atoms with Crippen LogP contribution in [0.4, 0.5) is 10.1 Å². The van der Waals surface area contributed by atoms with Crippen LogP contribution in [0.15, 0.2) is 18.2 Å². The van der Waals surface area contributed by atoms with Crippen LogP contribution in [-0.4, -0.2) is 25.0 Å². The maximum absolute atomic E-state index is 13.2. The monoisotopic (exact) mass is 282 g/mol. The van der Waals surface area contributed by atoms with Gasteiger partial charge in [0.1, 0.15) is 5.82 Å². The summed E-state index contributed by atoms with van der Waals surface area (Å²) < 4.78 is 17.8. The molecule has 0 saturated carbocycles. The van der Waals surface area contributed by atoms with Crippen molar-refractivity contribution < 1.29 is 18.7 Å². The fourth-order valence-corrected chi connectivity index (χ4v) is 1.69. The third-order valence-electron chi connectivity index (χ3n) is 2.85. The molecule has 1 atom stereocenters. The first-order valence-electron chi connectivity index (χ1n) is 6.44. The van der Waals surface area contributed by atoms with Crippen LogP contribution in [0, 0.1) is 5.82 Å². The van der Waals surface area contributed by atoms with Crippen LogP contribution < -0.4 is 11.1 Å². The third kappa shape index (κ3) is 4.31. The molecular weight excluding hydrogens is 263 g/mol. The Kier molecular flexibility index (Phi) is 6.11. The molecular formula is C14H19FN2O3. The number of carbonyl (C=O) groups is 2. The standard InChI is InChI=1S/C14H19FN2O3/c1-3-4-5-11(16)13(18)17-12-8-9(15)6-7-10(12)14(19)20-2/h6-8,11H,3-5,16H2,1-2H3,(H,17,18)/t11-/m0/s1. The number of hydrogen-bond donors (Lipinski definition) is 2. The van der Waals surface area contributed by atoms with Crippen molar-refractivity contribution >= 4 is 17.6 Å². The lowest BCUT2D eigenvalue weighted by atomic mass is 10.1. The van der Waals surface area contributed by atoms with E-state index in [0.717, 1.165) is 25.0 Å². The second-order valence-corrected chi connectivity index (χ2v) is 4.42. The summed E-state index contributed by atoms with van der Waals surface area (Å²) in [5.74, 6) is -1.66. The van der Waals surface area contributed by atoms with Gasteiger partial charge in [-0.05, 0) is 24.6 Å². The Hall–Kier alpha value is -1.95. The van der Waals surface area contributed by atoms with E-state index in [0.29, 0.717) is 6.42 Å². The molecule has 0 heterocycles. The molecule has 0 unspecified atom stereocenters. The first-order chi connectivity index (χ1) is 9.49. The van der Waals surface area contributed by atoms with Crippen molar-refractivity contribution in [1.82, 2.24) is 0 Å². The largest absolute Gasteiger partial charge is 0.465 e. The van der Waals surface area contributed by atoms with Crippen molar-refractivity contribution in [2.45, 2.75) is 32.2 Å². The molecule has 0 bridgehead atoms. The molecule has 5 nitrogen and oxygen atoms in total. The molecule has 20 heavy (non-hydrogen) atoms. The van der Waals surface area contributed by atoms with Gasteiger partial charge >= 0.3 is 5.97 Å². The summed E-state index contributed by atoms with van der Waals surface area (Å²) in [5.41, 5.74) is 5.88. The van der Waals surface area contributed by atoms with Gasteiger partial charge in [0.25, 0.3) is 0 Å². The Balaban J connectivity index is 2.87. The van der Waals surface area contributed by atoms with Crippen LogP contribution >= 0.6 is 0 Å². The number of nitrogens with one attached hydrogen (secondary N) is 1. The average Bonchev–Trinajstić information content (AvgIpc) is 2.44. The number of ether oxygens (including phenoxy) is 1. The van der Waals surface area contributed by atoms with Gasteiger partial charge in [-0.3, -0.25) is 4.79 Å². The van der Waals surface area contributed by atoms with Gasteiger partial charge in [0.15, 0.2) is 0 Å². The molecule has 1 aromatic carbocycles. The topological polar surface area (TPSA) is 81.4 Å². The summed E-state index contributed by atoms with van der Waals surface area (Å²) in [6.07, 6.45) is 2.28. The van der Waals surface area contributed by atoms with Crippen LogP contribution in [0.5, 0.6) is 0 Å². The minimum Gasteiger partial charge on any atom is -0.465 e. The number of hydrogen-bond acceptors (Lipinski definition) is 4. The number of esters is 1. The number of nitrogens with two attached hydrogens (primary N) is 1. The molecule has 0 radical (unpaired) electrons. The Labute approximate surface area is 117 Å². The number of benzene rings is 1. The van der Waals surface area contributed by atoms with E-state index < -0.39 is 23.7 Å². The molecule has 1 aromatic rings. The number of unbranched alkanes of at least 4 members (excludes halogenated alkanes) is 1. The Morgan fingerprint density at radius 2 is 2.15 bits per heavy atom.